The highest BCUT2D eigenvalue weighted by atomic mass is 32.2. The van der Waals surface area contributed by atoms with Gasteiger partial charge < -0.3 is 4.74 Å². The zero-order valence-electron chi connectivity index (χ0n) is 16.4. The summed E-state index contributed by atoms with van der Waals surface area (Å²) in [6.07, 6.45) is 8.36. The molecule has 0 N–H and O–H groups in total. The van der Waals surface area contributed by atoms with Gasteiger partial charge in [-0.15, -0.1) is 11.8 Å². The van der Waals surface area contributed by atoms with Crippen molar-refractivity contribution < 1.29 is 13.9 Å². The van der Waals surface area contributed by atoms with Crippen LogP contribution in [0, 0.1) is 11.7 Å². The largest absolute Gasteiger partial charge is 0.465 e. The molecule has 2 rings (SSSR count). The van der Waals surface area contributed by atoms with Gasteiger partial charge in [0.15, 0.2) is 0 Å². The number of carbonyl (C=O) groups excluding carboxylic acids is 1. The summed E-state index contributed by atoms with van der Waals surface area (Å²) in [5.41, 5.74) is 1.66. The van der Waals surface area contributed by atoms with Crippen LogP contribution in [0.4, 0.5) is 4.39 Å². The molecule has 27 heavy (non-hydrogen) atoms. The Morgan fingerprint density at radius 1 is 1.30 bits per heavy atom. The first-order valence-corrected chi connectivity index (χ1v) is 10.6. The fraction of sp³-hybridized carbons (Fsp3) is 0.524. The van der Waals surface area contributed by atoms with Crippen LogP contribution < -0.4 is 0 Å². The summed E-state index contributed by atoms with van der Waals surface area (Å²) in [5.74, 6) is 0.553. The summed E-state index contributed by atoms with van der Waals surface area (Å²) in [4.78, 5) is 12.8. The molecule has 1 atom stereocenters. The molecule has 0 amide bonds. The van der Waals surface area contributed by atoms with Crippen LogP contribution in [0.2, 0.25) is 0 Å². The highest BCUT2D eigenvalue weighted by Gasteiger charge is 2.11. The van der Waals surface area contributed by atoms with Crippen molar-refractivity contribution in [2.45, 2.75) is 50.8 Å². The number of aromatic nitrogens is 2. The summed E-state index contributed by atoms with van der Waals surface area (Å²) in [6, 6.07) is 4.91. The quantitative estimate of drug-likeness (QED) is 0.376. The van der Waals surface area contributed by atoms with Gasteiger partial charge in [0, 0.05) is 29.5 Å². The van der Waals surface area contributed by atoms with Gasteiger partial charge in [0.25, 0.3) is 0 Å². The molecule has 0 aliphatic heterocycles. The maximum atomic E-state index is 13.9. The molecule has 2 aromatic rings. The van der Waals surface area contributed by atoms with E-state index in [0.29, 0.717) is 24.7 Å². The summed E-state index contributed by atoms with van der Waals surface area (Å²) in [7, 11) is 1.83. The number of thioether (sulfide) groups is 1. The number of hydrogen-bond acceptors (Lipinski definition) is 4. The molecule has 0 aliphatic rings. The third-order valence-electron chi connectivity index (χ3n) is 4.51. The van der Waals surface area contributed by atoms with Crippen LogP contribution in [-0.2, 0) is 16.6 Å². The van der Waals surface area contributed by atoms with Gasteiger partial charge in [0.1, 0.15) is 5.82 Å². The molecular formula is C21H29FN2O2S. The van der Waals surface area contributed by atoms with E-state index < -0.39 is 0 Å². The first-order valence-electron chi connectivity index (χ1n) is 9.59. The van der Waals surface area contributed by atoms with Crippen LogP contribution in [-0.4, -0.2) is 28.1 Å². The summed E-state index contributed by atoms with van der Waals surface area (Å²) in [6.45, 7) is 4.81. The molecule has 0 bridgehead atoms. The lowest BCUT2D eigenvalue weighted by molar-refractivity contribution is -0.144. The van der Waals surface area contributed by atoms with E-state index in [1.54, 1.807) is 10.9 Å². The van der Waals surface area contributed by atoms with Crippen LogP contribution in [0.3, 0.4) is 0 Å². The van der Waals surface area contributed by atoms with Crippen molar-refractivity contribution in [1.29, 1.82) is 0 Å². The van der Waals surface area contributed by atoms with Gasteiger partial charge in [0.05, 0.1) is 19.2 Å². The average Bonchev–Trinajstić information content (AvgIpc) is 3.08. The maximum absolute atomic E-state index is 13.9. The number of esters is 1. The molecule has 0 radical (unpaired) electrons. The third-order valence-corrected chi connectivity index (χ3v) is 5.49. The third kappa shape index (κ3) is 7.37. The van der Waals surface area contributed by atoms with Crippen molar-refractivity contribution in [2.24, 2.45) is 13.0 Å². The Hall–Kier alpha value is -1.82. The first kappa shape index (κ1) is 21.5. The molecule has 1 unspecified atom stereocenters. The number of halogens is 1. The van der Waals surface area contributed by atoms with E-state index in [2.05, 4.69) is 18.9 Å². The van der Waals surface area contributed by atoms with Crippen LogP contribution in [0.1, 0.15) is 46.0 Å². The summed E-state index contributed by atoms with van der Waals surface area (Å²) >= 11 is 1.46. The van der Waals surface area contributed by atoms with E-state index >= 15 is 0 Å². The Labute approximate surface area is 165 Å². The normalized spacial score (nSPS) is 12.1. The number of benzene rings is 1. The van der Waals surface area contributed by atoms with E-state index in [4.69, 9.17) is 4.74 Å². The van der Waals surface area contributed by atoms with Gasteiger partial charge >= 0.3 is 5.97 Å². The van der Waals surface area contributed by atoms with Crippen LogP contribution in [0.25, 0.3) is 11.1 Å². The minimum atomic E-state index is -0.289. The van der Waals surface area contributed by atoms with Crippen molar-refractivity contribution >= 4 is 17.7 Å². The second kappa shape index (κ2) is 11.1. The monoisotopic (exact) mass is 392 g/mol. The number of nitrogens with zero attached hydrogens (tertiary/aromatic N) is 2. The molecule has 1 aromatic carbocycles. The average molecular weight is 393 g/mol. The molecule has 148 valence electrons. The van der Waals surface area contributed by atoms with E-state index in [1.807, 2.05) is 19.3 Å². The molecule has 0 spiro atoms. The highest BCUT2D eigenvalue weighted by Crippen LogP contribution is 2.27. The molecule has 4 nitrogen and oxygen atoms in total. The molecule has 0 saturated carbocycles. The smallest absolute Gasteiger partial charge is 0.306 e. The van der Waals surface area contributed by atoms with E-state index in [-0.39, 0.29) is 11.8 Å². The molecule has 1 heterocycles. The van der Waals surface area contributed by atoms with Gasteiger partial charge in [-0.2, -0.15) is 5.10 Å². The lowest BCUT2D eigenvalue weighted by Crippen LogP contribution is -2.14. The number of carbonyl (C=O) groups is 1. The minimum Gasteiger partial charge on any atom is -0.465 e. The SMILES string of the molecule is CCCCC(CC)COC(=O)CCSc1cc(F)cc(-c2cnn(C)c2)c1. The predicted molar refractivity (Wildman–Crippen MR) is 108 cm³/mol. The standard InChI is InChI=1S/C21H29FN2O2S/c1-4-6-7-16(5-2)15-26-21(25)8-9-27-20-11-17(10-19(22)12-20)18-13-23-24(3)14-18/h10-14,16H,4-9,15H2,1-3H3. The Morgan fingerprint density at radius 3 is 2.78 bits per heavy atom. The lowest BCUT2D eigenvalue weighted by Gasteiger charge is -2.14. The van der Waals surface area contributed by atoms with Gasteiger partial charge in [-0.25, -0.2) is 4.39 Å². The molecule has 0 saturated heterocycles. The second-order valence-corrected chi connectivity index (χ2v) is 7.94. The van der Waals surface area contributed by atoms with Crippen molar-refractivity contribution in [3.05, 3.63) is 36.4 Å². The fourth-order valence-electron chi connectivity index (χ4n) is 2.82. The van der Waals surface area contributed by atoms with Crippen molar-refractivity contribution in [2.75, 3.05) is 12.4 Å². The Morgan fingerprint density at radius 2 is 2.11 bits per heavy atom. The number of rotatable bonds is 11. The predicted octanol–water partition coefficient (Wildman–Crippen LogP) is 5.47. The van der Waals surface area contributed by atoms with Crippen LogP contribution >= 0.6 is 11.8 Å². The van der Waals surface area contributed by atoms with Gasteiger partial charge in [-0.05, 0) is 36.1 Å². The van der Waals surface area contributed by atoms with Crippen molar-refractivity contribution in [3.8, 4) is 11.1 Å². The molecule has 0 fully saturated rings. The van der Waals surface area contributed by atoms with Gasteiger partial charge in [-0.3, -0.25) is 9.48 Å². The number of aryl methyl sites for hydroxylation is 1. The maximum Gasteiger partial charge on any atom is 0.306 e. The minimum absolute atomic E-state index is 0.179. The number of unbranched alkanes of at least 4 members (excludes halogenated alkanes) is 1. The summed E-state index contributed by atoms with van der Waals surface area (Å²) in [5, 5.41) is 4.12. The summed E-state index contributed by atoms with van der Waals surface area (Å²) < 4.78 is 21.0. The van der Waals surface area contributed by atoms with Gasteiger partial charge in [-0.1, -0.05) is 33.1 Å². The molecular weight excluding hydrogens is 363 g/mol. The van der Waals surface area contributed by atoms with Gasteiger partial charge in [0.2, 0.25) is 0 Å². The molecule has 0 aliphatic carbocycles. The number of hydrogen-bond donors (Lipinski definition) is 0. The molecule has 6 heteroatoms. The van der Waals surface area contributed by atoms with Crippen molar-refractivity contribution in [3.63, 3.8) is 0 Å². The topological polar surface area (TPSA) is 44.1 Å². The first-order chi connectivity index (χ1) is 13.0. The Kier molecular flexibility index (Phi) is 8.85. The van der Waals surface area contributed by atoms with Crippen LogP contribution in [0.5, 0.6) is 0 Å². The molecule has 1 aromatic heterocycles. The van der Waals surface area contributed by atoms with Crippen molar-refractivity contribution in [1.82, 2.24) is 9.78 Å². The van der Waals surface area contributed by atoms with E-state index in [1.165, 1.54) is 30.3 Å². The number of ether oxygens (including phenoxy) is 1. The zero-order valence-corrected chi connectivity index (χ0v) is 17.2. The zero-order chi connectivity index (χ0) is 19.6. The lowest BCUT2D eigenvalue weighted by atomic mass is 10.0. The Bertz CT molecular complexity index is 733. The van der Waals surface area contributed by atoms with E-state index in [9.17, 15) is 9.18 Å². The van der Waals surface area contributed by atoms with Crippen LogP contribution in [0.15, 0.2) is 35.5 Å². The Balaban J connectivity index is 1.81. The second-order valence-electron chi connectivity index (χ2n) is 6.78. The van der Waals surface area contributed by atoms with E-state index in [0.717, 1.165) is 35.3 Å². The fourth-order valence-corrected chi connectivity index (χ4v) is 3.73. The highest BCUT2D eigenvalue weighted by molar-refractivity contribution is 7.99.